The van der Waals surface area contributed by atoms with Crippen molar-refractivity contribution < 1.29 is 36.5 Å². The van der Waals surface area contributed by atoms with Crippen LogP contribution in [0.2, 0.25) is 0 Å². The molecule has 3 heterocycles. The normalized spacial score (nSPS) is 19.7. The summed E-state index contributed by atoms with van der Waals surface area (Å²) >= 11 is 0. The summed E-state index contributed by atoms with van der Waals surface area (Å²) in [7, 11) is 0. The molecule has 0 saturated carbocycles. The standard InChI is InChI=1S/C44H63F4N5O4/c1-5-8-21-53-38-29-34(54-25-22-51-16-9-10-17-51)30-40(55-24-13-20-50(6-2)7-3)42(38)49-43(53)41-32(4)27-35(31-39(41)56-26-23-52-18-11-12-19-52)57-33-14-15-37(45)36(28-33)44(46,47)48/h14-15,28-30,32,35H,5-13,16-27,31H2,1-4H3. The molecule has 0 amide bonds. The van der Waals surface area contributed by atoms with Gasteiger partial charge in [0.05, 0.1) is 17.7 Å². The van der Waals surface area contributed by atoms with Gasteiger partial charge in [0.2, 0.25) is 0 Å². The highest BCUT2D eigenvalue weighted by atomic mass is 19.4. The first-order valence-corrected chi connectivity index (χ1v) is 21.4. The molecule has 3 aromatic rings. The number of allylic oxidation sites excluding steroid dienone is 1. The lowest BCUT2D eigenvalue weighted by molar-refractivity contribution is -0.140. The van der Waals surface area contributed by atoms with E-state index < -0.39 is 23.7 Å². The number of nitrogens with zero attached hydrogens (tertiary/aromatic N) is 5. The summed E-state index contributed by atoms with van der Waals surface area (Å²) in [5.41, 5.74) is 1.35. The van der Waals surface area contributed by atoms with E-state index in [1.165, 1.54) is 31.7 Å². The van der Waals surface area contributed by atoms with Crippen LogP contribution < -0.4 is 14.2 Å². The zero-order valence-corrected chi connectivity index (χ0v) is 34.5. The van der Waals surface area contributed by atoms with Crippen LogP contribution in [-0.4, -0.2) is 109 Å². The average Bonchev–Trinajstić information content (AvgIpc) is 3.97. The molecule has 2 aromatic carbocycles. The van der Waals surface area contributed by atoms with Gasteiger partial charge in [0, 0.05) is 50.3 Å². The number of rotatable bonds is 21. The number of likely N-dealkylation sites (tertiary alicyclic amines) is 2. The predicted molar refractivity (Wildman–Crippen MR) is 216 cm³/mol. The Balaban J connectivity index is 1.36. The van der Waals surface area contributed by atoms with Gasteiger partial charge in [-0.15, -0.1) is 0 Å². The molecule has 0 spiro atoms. The van der Waals surface area contributed by atoms with E-state index in [1.807, 2.05) is 6.07 Å². The lowest BCUT2D eigenvalue weighted by Crippen LogP contribution is -2.30. The minimum Gasteiger partial charge on any atom is -0.496 e. The van der Waals surface area contributed by atoms with Crippen molar-refractivity contribution in [3.05, 3.63) is 53.3 Å². The zero-order chi connectivity index (χ0) is 40.4. The Labute approximate surface area is 336 Å². The minimum absolute atomic E-state index is 0.0176. The Morgan fingerprint density at radius 1 is 0.807 bits per heavy atom. The maximum atomic E-state index is 14.2. The lowest BCUT2D eigenvalue weighted by atomic mass is 9.85. The molecule has 2 fully saturated rings. The van der Waals surface area contributed by atoms with E-state index >= 15 is 0 Å². The van der Waals surface area contributed by atoms with Gasteiger partial charge < -0.3 is 28.4 Å². The van der Waals surface area contributed by atoms with Gasteiger partial charge in [-0.3, -0.25) is 9.80 Å². The molecule has 3 aliphatic rings. The molecule has 0 radical (unpaired) electrons. The van der Waals surface area contributed by atoms with Crippen LogP contribution >= 0.6 is 0 Å². The fraction of sp³-hybridized carbons (Fsp3) is 0.659. The van der Waals surface area contributed by atoms with Gasteiger partial charge in [0.25, 0.3) is 0 Å². The number of unbranched alkanes of at least 4 members (excludes halogenated alkanes) is 1. The Morgan fingerprint density at radius 2 is 1.49 bits per heavy atom. The van der Waals surface area contributed by atoms with Gasteiger partial charge in [-0.05, 0) is 108 Å². The van der Waals surface area contributed by atoms with Crippen molar-refractivity contribution in [2.24, 2.45) is 5.92 Å². The molecule has 2 aliphatic heterocycles. The van der Waals surface area contributed by atoms with E-state index in [2.05, 4.69) is 53.0 Å². The van der Waals surface area contributed by atoms with Crippen molar-refractivity contribution in [1.82, 2.24) is 24.3 Å². The summed E-state index contributed by atoms with van der Waals surface area (Å²) in [6, 6.07) is 6.92. The van der Waals surface area contributed by atoms with E-state index in [1.54, 1.807) is 0 Å². The zero-order valence-electron chi connectivity index (χ0n) is 34.5. The van der Waals surface area contributed by atoms with Crippen LogP contribution in [0.15, 0.2) is 36.1 Å². The smallest absolute Gasteiger partial charge is 0.419 e. The fourth-order valence-corrected chi connectivity index (χ4v) is 8.47. The molecule has 1 aliphatic carbocycles. The van der Waals surface area contributed by atoms with E-state index in [0.29, 0.717) is 38.4 Å². The molecule has 57 heavy (non-hydrogen) atoms. The molecule has 13 heteroatoms. The summed E-state index contributed by atoms with van der Waals surface area (Å²) in [6.07, 6.45) is 3.15. The van der Waals surface area contributed by atoms with Crippen LogP contribution in [-0.2, 0) is 17.5 Å². The van der Waals surface area contributed by atoms with Crippen LogP contribution in [0.3, 0.4) is 0 Å². The van der Waals surface area contributed by atoms with Crippen LogP contribution in [0.25, 0.3) is 16.6 Å². The second kappa shape index (κ2) is 20.4. The average molecular weight is 802 g/mol. The van der Waals surface area contributed by atoms with Crippen molar-refractivity contribution in [3.63, 3.8) is 0 Å². The van der Waals surface area contributed by atoms with Gasteiger partial charge in [-0.1, -0.05) is 34.1 Å². The largest absolute Gasteiger partial charge is 0.496 e. The first kappa shape index (κ1) is 43.0. The van der Waals surface area contributed by atoms with Gasteiger partial charge in [0.15, 0.2) is 5.75 Å². The molecule has 1 aromatic heterocycles. The van der Waals surface area contributed by atoms with Crippen molar-refractivity contribution >= 4 is 16.6 Å². The molecule has 2 saturated heterocycles. The molecule has 6 rings (SSSR count). The first-order chi connectivity index (χ1) is 27.6. The number of aromatic nitrogens is 2. The monoisotopic (exact) mass is 801 g/mol. The molecule has 0 bridgehead atoms. The molecule has 2 unspecified atom stereocenters. The van der Waals surface area contributed by atoms with Crippen LogP contribution in [0.4, 0.5) is 17.6 Å². The second-order valence-electron chi connectivity index (χ2n) is 15.8. The van der Waals surface area contributed by atoms with Gasteiger partial charge in [-0.25, -0.2) is 9.37 Å². The maximum absolute atomic E-state index is 14.2. The van der Waals surface area contributed by atoms with Gasteiger partial charge in [0.1, 0.15) is 53.7 Å². The number of hydrogen-bond acceptors (Lipinski definition) is 8. The Morgan fingerprint density at radius 3 is 2.14 bits per heavy atom. The summed E-state index contributed by atoms with van der Waals surface area (Å²) in [4.78, 5) is 12.6. The number of ether oxygens (including phenoxy) is 4. The predicted octanol–water partition coefficient (Wildman–Crippen LogP) is 9.28. The van der Waals surface area contributed by atoms with Crippen molar-refractivity contribution in [2.75, 3.05) is 78.7 Å². The van der Waals surface area contributed by atoms with E-state index in [-0.39, 0.29) is 11.7 Å². The lowest BCUT2D eigenvalue weighted by Gasteiger charge is -2.32. The van der Waals surface area contributed by atoms with Crippen LogP contribution in [0, 0.1) is 11.7 Å². The molecule has 0 N–H and O–H groups in total. The molecular weight excluding hydrogens is 739 g/mol. The van der Waals surface area contributed by atoms with Crippen LogP contribution in [0.5, 0.6) is 17.2 Å². The number of halogens is 4. The van der Waals surface area contributed by atoms with Gasteiger partial charge in [-0.2, -0.15) is 13.2 Å². The summed E-state index contributed by atoms with van der Waals surface area (Å²) in [5, 5.41) is 0. The molecule has 9 nitrogen and oxygen atoms in total. The molecule has 2 atom stereocenters. The Bertz CT molecular complexity index is 1770. The van der Waals surface area contributed by atoms with Crippen molar-refractivity contribution in [1.29, 1.82) is 0 Å². The third-order valence-corrected chi connectivity index (χ3v) is 11.7. The van der Waals surface area contributed by atoms with Gasteiger partial charge >= 0.3 is 6.18 Å². The fourth-order valence-electron chi connectivity index (χ4n) is 8.47. The summed E-state index contributed by atoms with van der Waals surface area (Å²) in [5.74, 6) is 1.53. The van der Waals surface area contributed by atoms with Crippen molar-refractivity contribution in [3.8, 4) is 17.2 Å². The Kier molecular flexibility index (Phi) is 15.4. The van der Waals surface area contributed by atoms with E-state index in [9.17, 15) is 17.6 Å². The van der Waals surface area contributed by atoms with E-state index in [4.69, 9.17) is 23.9 Å². The number of benzene rings is 2. The minimum atomic E-state index is -4.83. The van der Waals surface area contributed by atoms with Crippen molar-refractivity contribution in [2.45, 2.75) is 104 Å². The third kappa shape index (κ3) is 11.4. The highest BCUT2D eigenvalue weighted by Crippen LogP contribution is 2.42. The summed E-state index contributed by atoms with van der Waals surface area (Å²) in [6.45, 7) is 19.8. The number of alkyl halides is 3. The first-order valence-electron chi connectivity index (χ1n) is 21.4. The number of imidazole rings is 1. The highest BCUT2D eigenvalue weighted by Gasteiger charge is 2.36. The van der Waals surface area contributed by atoms with Crippen LogP contribution in [0.1, 0.15) is 96.9 Å². The number of aryl methyl sites for hydroxylation is 1. The quantitative estimate of drug-likeness (QED) is 0.0781. The Hall–Kier alpha value is -3.55. The maximum Gasteiger partial charge on any atom is 0.419 e. The topological polar surface area (TPSA) is 64.5 Å². The molecular formula is C44H63F4N5O4. The number of fused-ring (bicyclic) bond motifs is 1. The SMILES string of the molecule is CCCCn1c(C2=C(OCCN3CCCC3)CC(Oc3ccc(F)c(C(F)(F)F)c3)CC2C)nc2c(OCCCN(CC)CC)cc(OCCN3CCCC3)cc21. The highest BCUT2D eigenvalue weighted by molar-refractivity contribution is 5.87. The second-order valence-corrected chi connectivity index (χ2v) is 15.8. The summed E-state index contributed by atoms with van der Waals surface area (Å²) < 4.78 is 83.2. The third-order valence-electron chi connectivity index (χ3n) is 11.7. The molecule has 316 valence electrons. The number of hydrogen-bond donors (Lipinski definition) is 0. The van der Waals surface area contributed by atoms with E-state index in [0.717, 1.165) is 131 Å².